The van der Waals surface area contributed by atoms with Gasteiger partial charge in [-0.2, -0.15) is 0 Å². The van der Waals surface area contributed by atoms with Crippen LogP contribution in [0.5, 0.6) is 5.75 Å². The van der Waals surface area contributed by atoms with Gasteiger partial charge in [0.15, 0.2) is 9.84 Å². The van der Waals surface area contributed by atoms with Gasteiger partial charge in [-0.1, -0.05) is 13.0 Å². The van der Waals surface area contributed by atoms with Crippen LogP contribution in [0.25, 0.3) is 0 Å². The van der Waals surface area contributed by atoms with Crippen LogP contribution < -0.4 is 4.74 Å². The average Bonchev–Trinajstić information content (AvgIpc) is 2.70. The third-order valence-corrected chi connectivity index (χ3v) is 5.16. The molecule has 0 spiro atoms. The highest BCUT2D eigenvalue weighted by Crippen LogP contribution is 2.33. The number of hydrogen-bond acceptors (Lipinski definition) is 4. The van der Waals surface area contributed by atoms with E-state index in [-0.39, 0.29) is 24.2 Å². The van der Waals surface area contributed by atoms with Crippen molar-refractivity contribution in [2.45, 2.75) is 32.3 Å². The van der Waals surface area contributed by atoms with Gasteiger partial charge in [-0.15, -0.1) is 0 Å². The lowest BCUT2D eigenvalue weighted by Crippen LogP contribution is -2.16. The second kappa shape index (κ2) is 5.92. The van der Waals surface area contributed by atoms with Crippen molar-refractivity contribution in [1.82, 2.24) is 0 Å². The van der Waals surface area contributed by atoms with E-state index < -0.39 is 9.84 Å². The van der Waals surface area contributed by atoms with E-state index in [2.05, 4.69) is 0 Å². The lowest BCUT2D eigenvalue weighted by atomic mass is 10.1. The number of ether oxygens (including phenoxy) is 1. The van der Waals surface area contributed by atoms with Crippen LogP contribution in [0.3, 0.4) is 0 Å². The fourth-order valence-electron chi connectivity index (χ4n) is 2.36. The summed E-state index contributed by atoms with van der Waals surface area (Å²) in [5.41, 5.74) is 2.06. The molecular formula is C14H20O4S. The minimum atomic E-state index is -2.99. The highest BCUT2D eigenvalue weighted by atomic mass is 32.2. The number of rotatable bonds is 6. The third-order valence-electron chi connectivity index (χ3n) is 3.34. The number of aryl methyl sites for hydroxylation is 1. The fraction of sp³-hybridized carbons (Fsp3) is 0.571. The Morgan fingerprint density at radius 1 is 1.37 bits per heavy atom. The Balaban J connectivity index is 1.91. The molecule has 1 atom stereocenters. The van der Waals surface area contributed by atoms with Gasteiger partial charge in [0.1, 0.15) is 12.4 Å². The van der Waals surface area contributed by atoms with Crippen LogP contribution >= 0.6 is 0 Å². The Labute approximate surface area is 114 Å². The zero-order chi connectivity index (χ0) is 13.9. The number of benzene rings is 1. The standard InChI is InChI=1S/C14H20O4S/c1-2-8-19(16,17)9-7-18-12-4-5-13-11(10-12)3-6-14(13)15/h4-5,10,14-15H,2-3,6-9H2,1H3/t14-/m1/s1. The second-order valence-electron chi connectivity index (χ2n) is 4.92. The van der Waals surface area contributed by atoms with Crippen molar-refractivity contribution in [2.24, 2.45) is 0 Å². The number of hydrogen-bond donors (Lipinski definition) is 1. The maximum Gasteiger partial charge on any atom is 0.153 e. The van der Waals surface area contributed by atoms with Crippen LogP contribution in [-0.4, -0.2) is 31.6 Å². The maximum atomic E-state index is 11.5. The summed E-state index contributed by atoms with van der Waals surface area (Å²) in [6, 6.07) is 5.56. The molecule has 19 heavy (non-hydrogen) atoms. The minimum absolute atomic E-state index is 0.0561. The molecule has 1 aromatic rings. The zero-order valence-electron chi connectivity index (χ0n) is 11.1. The molecule has 0 bridgehead atoms. The predicted octanol–water partition coefficient (Wildman–Crippen LogP) is 1.87. The molecule has 0 amide bonds. The molecule has 0 heterocycles. The van der Waals surface area contributed by atoms with E-state index >= 15 is 0 Å². The largest absolute Gasteiger partial charge is 0.493 e. The van der Waals surface area contributed by atoms with Gasteiger partial charge in [0.05, 0.1) is 17.6 Å². The van der Waals surface area contributed by atoms with Gasteiger partial charge in [0.25, 0.3) is 0 Å². The van der Waals surface area contributed by atoms with Crippen molar-refractivity contribution >= 4 is 9.84 Å². The predicted molar refractivity (Wildman–Crippen MR) is 74.2 cm³/mol. The van der Waals surface area contributed by atoms with Gasteiger partial charge in [-0.25, -0.2) is 8.42 Å². The zero-order valence-corrected chi connectivity index (χ0v) is 11.9. The molecule has 1 aliphatic carbocycles. The molecule has 0 aliphatic heterocycles. The number of fused-ring (bicyclic) bond motifs is 1. The molecule has 106 valence electrons. The van der Waals surface area contributed by atoms with Crippen LogP contribution in [0.4, 0.5) is 0 Å². The van der Waals surface area contributed by atoms with Gasteiger partial charge in [0, 0.05) is 0 Å². The molecule has 1 aromatic carbocycles. The van der Waals surface area contributed by atoms with Crippen molar-refractivity contribution < 1.29 is 18.3 Å². The summed E-state index contributed by atoms with van der Waals surface area (Å²) in [5, 5.41) is 9.69. The fourth-order valence-corrected chi connectivity index (χ4v) is 3.52. The topological polar surface area (TPSA) is 63.6 Å². The van der Waals surface area contributed by atoms with E-state index in [9.17, 15) is 13.5 Å². The van der Waals surface area contributed by atoms with E-state index in [4.69, 9.17) is 4.74 Å². The number of sulfone groups is 1. The normalized spacial score (nSPS) is 18.3. The van der Waals surface area contributed by atoms with Crippen LogP contribution in [0.15, 0.2) is 18.2 Å². The Kier molecular flexibility index (Phi) is 4.47. The minimum Gasteiger partial charge on any atom is -0.493 e. The first-order valence-corrected chi connectivity index (χ1v) is 8.48. The Hall–Kier alpha value is -1.07. The summed E-state index contributed by atoms with van der Waals surface area (Å²) in [7, 11) is -2.99. The smallest absolute Gasteiger partial charge is 0.153 e. The molecular weight excluding hydrogens is 264 g/mol. The van der Waals surface area contributed by atoms with E-state index in [0.717, 1.165) is 24.0 Å². The van der Waals surface area contributed by atoms with E-state index in [1.807, 2.05) is 19.1 Å². The summed E-state index contributed by atoms with van der Waals surface area (Å²) in [6.07, 6.45) is 1.87. The average molecular weight is 284 g/mol. The SMILES string of the molecule is CCCS(=O)(=O)CCOc1ccc2c(c1)CC[C@H]2O. The molecule has 2 rings (SSSR count). The van der Waals surface area contributed by atoms with E-state index in [1.54, 1.807) is 6.07 Å². The lowest BCUT2D eigenvalue weighted by molar-refractivity contribution is 0.180. The third kappa shape index (κ3) is 3.70. The lowest BCUT2D eigenvalue weighted by Gasteiger charge is -2.09. The first-order valence-electron chi connectivity index (χ1n) is 6.66. The highest BCUT2D eigenvalue weighted by Gasteiger charge is 2.20. The van der Waals surface area contributed by atoms with Crippen molar-refractivity contribution in [2.75, 3.05) is 18.1 Å². The molecule has 0 radical (unpaired) electrons. The second-order valence-corrected chi connectivity index (χ2v) is 7.22. The summed E-state index contributed by atoms with van der Waals surface area (Å²) in [5.74, 6) is 0.951. The Morgan fingerprint density at radius 3 is 2.89 bits per heavy atom. The Morgan fingerprint density at radius 2 is 2.16 bits per heavy atom. The first-order chi connectivity index (χ1) is 9.02. The molecule has 0 unspecified atom stereocenters. The molecule has 1 N–H and O–H groups in total. The monoisotopic (exact) mass is 284 g/mol. The molecule has 5 heteroatoms. The maximum absolute atomic E-state index is 11.5. The molecule has 1 aliphatic rings. The van der Waals surface area contributed by atoms with Gasteiger partial charge in [-0.05, 0) is 42.5 Å². The summed E-state index contributed by atoms with van der Waals surface area (Å²) < 4.78 is 28.6. The van der Waals surface area contributed by atoms with E-state index in [0.29, 0.717) is 12.2 Å². The first kappa shape index (κ1) is 14.3. The van der Waals surface area contributed by atoms with Crippen molar-refractivity contribution in [3.05, 3.63) is 29.3 Å². The molecule has 0 saturated heterocycles. The molecule has 0 aromatic heterocycles. The van der Waals surface area contributed by atoms with E-state index in [1.165, 1.54) is 0 Å². The Bertz CT molecular complexity index is 536. The quantitative estimate of drug-likeness (QED) is 0.866. The van der Waals surface area contributed by atoms with Crippen molar-refractivity contribution in [3.63, 3.8) is 0 Å². The molecule has 4 nitrogen and oxygen atoms in total. The van der Waals surface area contributed by atoms with Gasteiger partial charge in [-0.3, -0.25) is 0 Å². The van der Waals surface area contributed by atoms with Gasteiger partial charge < -0.3 is 9.84 Å². The number of aliphatic hydroxyl groups is 1. The van der Waals surface area contributed by atoms with Crippen LogP contribution in [0.2, 0.25) is 0 Å². The molecule has 0 saturated carbocycles. The van der Waals surface area contributed by atoms with Gasteiger partial charge in [0.2, 0.25) is 0 Å². The van der Waals surface area contributed by atoms with Crippen molar-refractivity contribution in [3.8, 4) is 5.75 Å². The van der Waals surface area contributed by atoms with Crippen LogP contribution in [0.1, 0.15) is 37.0 Å². The number of aliphatic hydroxyl groups excluding tert-OH is 1. The highest BCUT2D eigenvalue weighted by molar-refractivity contribution is 7.91. The van der Waals surface area contributed by atoms with Gasteiger partial charge >= 0.3 is 0 Å². The summed E-state index contributed by atoms with van der Waals surface area (Å²) in [6.45, 7) is 2.04. The van der Waals surface area contributed by atoms with Crippen LogP contribution in [-0.2, 0) is 16.3 Å². The van der Waals surface area contributed by atoms with Crippen LogP contribution in [0, 0.1) is 0 Å². The summed E-state index contributed by atoms with van der Waals surface area (Å²) >= 11 is 0. The van der Waals surface area contributed by atoms with Crippen molar-refractivity contribution in [1.29, 1.82) is 0 Å². The summed E-state index contributed by atoms with van der Waals surface area (Å²) in [4.78, 5) is 0. The molecule has 0 fully saturated rings.